The van der Waals surface area contributed by atoms with Crippen molar-refractivity contribution in [1.82, 2.24) is 9.97 Å². The maximum Gasteiger partial charge on any atom is 0.301 e. The van der Waals surface area contributed by atoms with E-state index in [1.807, 2.05) is 0 Å². The number of H-pyrrole nitrogens is 1. The third kappa shape index (κ3) is 2.17. The third-order valence-corrected chi connectivity index (χ3v) is 1.85. The van der Waals surface area contributed by atoms with E-state index in [1.54, 1.807) is 6.92 Å². The van der Waals surface area contributed by atoms with Gasteiger partial charge in [-0.3, -0.25) is 14.9 Å². The molecule has 6 heteroatoms. The number of rotatable bonds is 2. The summed E-state index contributed by atoms with van der Waals surface area (Å²) in [6, 6.07) is 4.42. The first-order chi connectivity index (χ1) is 7.65. The largest absolute Gasteiger partial charge is 0.432 e. The van der Waals surface area contributed by atoms with Crippen LogP contribution in [0.5, 0.6) is 0 Å². The van der Waals surface area contributed by atoms with Crippen LogP contribution in [-0.2, 0) is 0 Å². The van der Waals surface area contributed by atoms with E-state index >= 15 is 0 Å². The number of amides is 1. The molecular weight excluding hydrogens is 210 g/mol. The lowest BCUT2D eigenvalue weighted by molar-refractivity contribution is 0.101. The highest BCUT2D eigenvalue weighted by atomic mass is 16.4. The van der Waals surface area contributed by atoms with Crippen LogP contribution < -0.4 is 10.9 Å². The third-order valence-electron chi connectivity index (χ3n) is 1.85. The Kier molecular flexibility index (Phi) is 2.55. The molecule has 2 rings (SSSR count). The van der Waals surface area contributed by atoms with Gasteiger partial charge in [-0.15, -0.1) is 0 Å². The Morgan fingerprint density at radius 1 is 1.50 bits per heavy atom. The molecule has 0 aromatic carbocycles. The van der Waals surface area contributed by atoms with Crippen LogP contribution in [0.4, 0.5) is 6.01 Å². The van der Waals surface area contributed by atoms with Gasteiger partial charge in [-0.05, 0) is 13.0 Å². The molecule has 0 saturated carbocycles. The molecule has 0 aliphatic rings. The van der Waals surface area contributed by atoms with Gasteiger partial charge in [-0.2, -0.15) is 4.98 Å². The molecule has 16 heavy (non-hydrogen) atoms. The second kappa shape index (κ2) is 4.01. The lowest BCUT2D eigenvalue weighted by Crippen LogP contribution is -2.18. The van der Waals surface area contributed by atoms with Crippen LogP contribution >= 0.6 is 0 Å². The van der Waals surface area contributed by atoms with Gasteiger partial charge in [0.25, 0.3) is 5.91 Å². The van der Waals surface area contributed by atoms with Crippen molar-refractivity contribution in [2.45, 2.75) is 6.92 Å². The van der Waals surface area contributed by atoms with Gasteiger partial charge in [-0.1, -0.05) is 6.07 Å². The number of hydrogen-bond donors (Lipinski definition) is 2. The Labute approximate surface area is 90.3 Å². The number of nitrogens with one attached hydrogen (secondary N) is 2. The van der Waals surface area contributed by atoms with Crippen molar-refractivity contribution in [1.29, 1.82) is 0 Å². The normalized spacial score (nSPS) is 10.1. The number of carbonyl (C=O) groups is 1. The summed E-state index contributed by atoms with van der Waals surface area (Å²) >= 11 is 0. The Bertz CT molecular complexity index is 570. The summed E-state index contributed by atoms with van der Waals surface area (Å²) in [6.07, 6.45) is 1.42. The predicted octanol–water partition coefficient (Wildman–Crippen LogP) is 0.924. The molecule has 0 radical (unpaired) electrons. The van der Waals surface area contributed by atoms with Crippen LogP contribution in [0.15, 0.2) is 33.7 Å². The van der Waals surface area contributed by atoms with E-state index in [1.165, 1.54) is 24.5 Å². The molecule has 1 amide bonds. The predicted molar refractivity (Wildman–Crippen MR) is 56.3 cm³/mol. The minimum Gasteiger partial charge on any atom is -0.432 e. The molecule has 0 bridgehead atoms. The second-order valence-electron chi connectivity index (χ2n) is 3.18. The van der Waals surface area contributed by atoms with Gasteiger partial charge in [0.1, 0.15) is 12.0 Å². The van der Waals surface area contributed by atoms with Crippen molar-refractivity contribution in [2.75, 3.05) is 5.32 Å². The van der Waals surface area contributed by atoms with E-state index in [-0.39, 0.29) is 17.3 Å². The Morgan fingerprint density at radius 3 is 2.94 bits per heavy atom. The van der Waals surface area contributed by atoms with E-state index in [4.69, 9.17) is 4.42 Å². The summed E-state index contributed by atoms with van der Waals surface area (Å²) in [7, 11) is 0. The highest BCUT2D eigenvalue weighted by molar-refractivity contribution is 6.01. The fourth-order valence-electron chi connectivity index (χ4n) is 1.16. The van der Waals surface area contributed by atoms with Crippen LogP contribution in [0, 0.1) is 6.92 Å². The van der Waals surface area contributed by atoms with Crippen molar-refractivity contribution in [3.63, 3.8) is 0 Å². The van der Waals surface area contributed by atoms with Gasteiger partial charge in [0.05, 0.1) is 5.69 Å². The number of anilines is 1. The summed E-state index contributed by atoms with van der Waals surface area (Å²) < 4.78 is 4.95. The Morgan fingerprint density at radius 2 is 2.31 bits per heavy atom. The zero-order valence-corrected chi connectivity index (χ0v) is 8.48. The summed E-state index contributed by atoms with van der Waals surface area (Å²) in [5.74, 6) is -0.473. The van der Waals surface area contributed by atoms with Crippen LogP contribution in [-0.4, -0.2) is 15.9 Å². The van der Waals surface area contributed by atoms with Gasteiger partial charge in [0.15, 0.2) is 0 Å². The van der Waals surface area contributed by atoms with Crippen LogP contribution in [0.25, 0.3) is 0 Å². The van der Waals surface area contributed by atoms with Crippen molar-refractivity contribution in [2.24, 2.45) is 0 Å². The van der Waals surface area contributed by atoms with Crippen molar-refractivity contribution >= 4 is 11.9 Å². The summed E-state index contributed by atoms with van der Waals surface area (Å²) in [6.45, 7) is 1.74. The fraction of sp³-hybridized carbons (Fsp3) is 0.100. The average molecular weight is 219 g/mol. The van der Waals surface area contributed by atoms with Crippen molar-refractivity contribution < 1.29 is 9.21 Å². The van der Waals surface area contributed by atoms with E-state index in [9.17, 15) is 9.59 Å². The molecular formula is C10H9N3O3. The molecule has 0 aliphatic heterocycles. The van der Waals surface area contributed by atoms with Crippen LogP contribution in [0.1, 0.15) is 16.2 Å². The molecule has 0 spiro atoms. The van der Waals surface area contributed by atoms with Crippen LogP contribution in [0.3, 0.4) is 0 Å². The van der Waals surface area contributed by atoms with E-state index in [2.05, 4.69) is 15.3 Å². The van der Waals surface area contributed by atoms with Crippen molar-refractivity contribution in [3.8, 4) is 0 Å². The smallest absolute Gasteiger partial charge is 0.301 e. The molecule has 2 aromatic heterocycles. The number of hydrogen-bond acceptors (Lipinski definition) is 4. The lowest BCUT2D eigenvalue weighted by atomic mass is 10.3. The first kappa shape index (κ1) is 10.2. The summed E-state index contributed by atoms with van der Waals surface area (Å²) in [4.78, 5) is 28.9. The number of carbonyl (C=O) groups excluding carboxylic acids is 1. The summed E-state index contributed by atoms with van der Waals surface area (Å²) in [5, 5.41) is 2.42. The van der Waals surface area contributed by atoms with Gasteiger partial charge >= 0.3 is 6.01 Å². The monoisotopic (exact) mass is 219 g/mol. The van der Waals surface area contributed by atoms with Gasteiger partial charge in [0, 0.05) is 6.07 Å². The minimum absolute atomic E-state index is 0.104. The first-order valence-electron chi connectivity index (χ1n) is 4.58. The van der Waals surface area contributed by atoms with Gasteiger partial charge < -0.3 is 9.40 Å². The molecule has 0 unspecified atom stereocenters. The van der Waals surface area contributed by atoms with E-state index < -0.39 is 5.91 Å². The van der Waals surface area contributed by atoms with Crippen molar-refractivity contribution in [3.05, 3.63) is 46.2 Å². The number of aromatic amines is 1. The highest BCUT2D eigenvalue weighted by Crippen LogP contribution is 2.07. The molecule has 2 aromatic rings. The quantitative estimate of drug-likeness (QED) is 0.786. The van der Waals surface area contributed by atoms with Gasteiger partial charge in [-0.25, -0.2) is 0 Å². The number of oxazole rings is 1. The minimum atomic E-state index is -0.473. The maximum absolute atomic E-state index is 11.6. The Hall–Kier alpha value is -2.37. The van der Waals surface area contributed by atoms with Crippen LogP contribution in [0.2, 0.25) is 0 Å². The lowest BCUT2D eigenvalue weighted by Gasteiger charge is -1.99. The molecule has 6 nitrogen and oxygen atoms in total. The standard InChI is InChI=1S/C10H9N3O3/c1-6-5-16-10(11-6)13-9(15)7-3-2-4-8(14)12-7/h2-5H,1H3,(H,12,14)(H,11,13,15). The topological polar surface area (TPSA) is 88.0 Å². The molecule has 0 aliphatic carbocycles. The van der Waals surface area contributed by atoms with Gasteiger partial charge in [0.2, 0.25) is 5.56 Å². The zero-order chi connectivity index (χ0) is 11.5. The van der Waals surface area contributed by atoms with E-state index in [0.717, 1.165) is 0 Å². The number of pyridine rings is 1. The molecule has 0 saturated heterocycles. The number of aromatic nitrogens is 2. The average Bonchev–Trinajstić information content (AvgIpc) is 2.64. The highest BCUT2D eigenvalue weighted by Gasteiger charge is 2.09. The first-order valence-corrected chi connectivity index (χ1v) is 4.58. The fourth-order valence-corrected chi connectivity index (χ4v) is 1.16. The Balaban J connectivity index is 2.17. The number of nitrogens with zero attached hydrogens (tertiary/aromatic N) is 1. The molecule has 82 valence electrons. The maximum atomic E-state index is 11.6. The summed E-state index contributed by atoms with van der Waals surface area (Å²) in [5.41, 5.74) is 0.483. The number of aryl methyl sites for hydroxylation is 1. The molecule has 2 heterocycles. The second-order valence-corrected chi connectivity index (χ2v) is 3.18. The molecule has 0 fully saturated rings. The zero-order valence-electron chi connectivity index (χ0n) is 8.48. The van der Waals surface area contributed by atoms with E-state index in [0.29, 0.717) is 5.69 Å². The molecule has 2 N–H and O–H groups in total. The molecule has 0 atom stereocenters. The SMILES string of the molecule is Cc1coc(NC(=O)c2cccc(=O)[nH]2)n1.